The van der Waals surface area contributed by atoms with E-state index in [2.05, 4.69) is 10.0 Å². The van der Waals surface area contributed by atoms with Gasteiger partial charge in [-0.15, -0.1) is 0 Å². The van der Waals surface area contributed by atoms with Crippen LogP contribution in [0.4, 0.5) is 0 Å². The average molecular weight is 275 g/mol. The number of carbonyl (C=O) groups is 1. The molecule has 7 heteroatoms. The van der Waals surface area contributed by atoms with E-state index in [0.717, 1.165) is 0 Å². The van der Waals surface area contributed by atoms with Crippen LogP contribution in [0.15, 0.2) is 0 Å². The van der Waals surface area contributed by atoms with Crippen molar-refractivity contribution in [2.45, 2.75) is 38.9 Å². The maximum atomic E-state index is 11.6. The summed E-state index contributed by atoms with van der Waals surface area (Å²) in [6, 6.07) is 1.72. The summed E-state index contributed by atoms with van der Waals surface area (Å²) in [5.41, 5.74) is 0. The first kappa shape index (κ1) is 16.9. The number of nitrogens with one attached hydrogen (secondary N) is 2. The standard InChI is InChI=1S/C11H21N3O3S/c1-4-10(7-12)18(16,17)14-6-5-11(15)13-8-9(2)3/h9-10,14H,4-6,8H2,1-3H3,(H,13,15). The summed E-state index contributed by atoms with van der Waals surface area (Å²) in [7, 11) is -3.64. The molecule has 0 aromatic rings. The molecule has 0 aromatic heterocycles. The zero-order valence-corrected chi connectivity index (χ0v) is 11.9. The molecule has 104 valence electrons. The Kier molecular flexibility index (Phi) is 7.55. The quantitative estimate of drug-likeness (QED) is 0.668. The highest BCUT2D eigenvalue weighted by Gasteiger charge is 2.22. The molecule has 0 saturated heterocycles. The Balaban J connectivity index is 4.05. The van der Waals surface area contributed by atoms with Crippen LogP contribution in [-0.2, 0) is 14.8 Å². The zero-order valence-electron chi connectivity index (χ0n) is 11.1. The van der Waals surface area contributed by atoms with Gasteiger partial charge in [0.2, 0.25) is 15.9 Å². The van der Waals surface area contributed by atoms with Crippen LogP contribution in [0.3, 0.4) is 0 Å². The molecule has 6 nitrogen and oxygen atoms in total. The van der Waals surface area contributed by atoms with Crippen LogP contribution in [0.2, 0.25) is 0 Å². The molecule has 2 N–H and O–H groups in total. The normalized spacial score (nSPS) is 13.1. The van der Waals surface area contributed by atoms with Crippen LogP contribution in [0.25, 0.3) is 0 Å². The summed E-state index contributed by atoms with van der Waals surface area (Å²) in [5, 5.41) is 10.3. The fraction of sp³-hybridized carbons (Fsp3) is 0.818. The Hall–Kier alpha value is -1.13. The minimum Gasteiger partial charge on any atom is -0.356 e. The SMILES string of the molecule is CCC(C#N)S(=O)(=O)NCCC(=O)NCC(C)C. The van der Waals surface area contributed by atoms with Crippen LogP contribution in [0.1, 0.15) is 33.6 Å². The Morgan fingerprint density at radius 3 is 2.44 bits per heavy atom. The molecule has 0 aliphatic carbocycles. The lowest BCUT2D eigenvalue weighted by atomic mass is 10.2. The molecule has 0 rings (SSSR count). The highest BCUT2D eigenvalue weighted by molar-refractivity contribution is 7.90. The number of rotatable bonds is 8. The molecule has 18 heavy (non-hydrogen) atoms. The van der Waals surface area contributed by atoms with Gasteiger partial charge in [0.15, 0.2) is 5.25 Å². The zero-order chi connectivity index (χ0) is 14.2. The Morgan fingerprint density at radius 2 is 2.00 bits per heavy atom. The summed E-state index contributed by atoms with van der Waals surface area (Å²) >= 11 is 0. The third-order valence-electron chi connectivity index (χ3n) is 2.25. The van der Waals surface area contributed by atoms with Crippen molar-refractivity contribution >= 4 is 15.9 Å². The lowest BCUT2D eigenvalue weighted by molar-refractivity contribution is -0.121. The number of hydrogen-bond donors (Lipinski definition) is 2. The number of nitrogens with zero attached hydrogens (tertiary/aromatic N) is 1. The molecule has 0 aliphatic heterocycles. The molecule has 0 fully saturated rings. The van der Waals surface area contributed by atoms with Crippen molar-refractivity contribution in [2.24, 2.45) is 5.92 Å². The largest absolute Gasteiger partial charge is 0.356 e. The Bertz CT molecular complexity index is 398. The summed E-state index contributed by atoms with van der Waals surface area (Å²) in [6.45, 7) is 6.16. The number of nitriles is 1. The van der Waals surface area contributed by atoms with E-state index in [-0.39, 0.29) is 25.3 Å². The fourth-order valence-electron chi connectivity index (χ4n) is 1.19. The minimum atomic E-state index is -3.64. The molecule has 1 atom stereocenters. The maximum absolute atomic E-state index is 11.6. The maximum Gasteiger partial charge on any atom is 0.227 e. The fourth-order valence-corrected chi connectivity index (χ4v) is 2.36. The van der Waals surface area contributed by atoms with Gasteiger partial charge in [-0.3, -0.25) is 4.79 Å². The predicted molar refractivity (Wildman–Crippen MR) is 69.1 cm³/mol. The van der Waals surface area contributed by atoms with Gasteiger partial charge in [0.1, 0.15) is 0 Å². The number of amides is 1. The van der Waals surface area contributed by atoms with Crippen molar-refractivity contribution in [3.63, 3.8) is 0 Å². The van der Waals surface area contributed by atoms with Gasteiger partial charge >= 0.3 is 0 Å². The van der Waals surface area contributed by atoms with Crippen LogP contribution in [0, 0.1) is 17.2 Å². The molecule has 0 radical (unpaired) electrons. The van der Waals surface area contributed by atoms with Gasteiger partial charge in [-0.1, -0.05) is 20.8 Å². The first-order chi connectivity index (χ1) is 8.33. The van der Waals surface area contributed by atoms with E-state index in [9.17, 15) is 13.2 Å². The molecule has 0 saturated carbocycles. The third kappa shape index (κ3) is 6.57. The second-order valence-corrected chi connectivity index (χ2v) is 6.36. The topological polar surface area (TPSA) is 99.1 Å². The van der Waals surface area contributed by atoms with Gasteiger partial charge in [-0.2, -0.15) is 5.26 Å². The predicted octanol–water partition coefficient (Wildman–Crippen LogP) is 0.370. The van der Waals surface area contributed by atoms with Gasteiger partial charge < -0.3 is 5.32 Å². The summed E-state index contributed by atoms with van der Waals surface area (Å²) in [6.07, 6.45) is 0.305. The minimum absolute atomic E-state index is 0.0183. The second kappa shape index (κ2) is 8.06. The molecule has 0 heterocycles. The van der Waals surface area contributed by atoms with Crippen LogP contribution in [-0.4, -0.2) is 32.7 Å². The van der Waals surface area contributed by atoms with Crippen molar-refractivity contribution in [3.8, 4) is 6.07 Å². The van der Waals surface area contributed by atoms with Crippen molar-refractivity contribution in [1.29, 1.82) is 5.26 Å². The van der Waals surface area contributed by atoms with Gasteiger partial charge in [0.25, 0.3) is 0 Å². The molecule has 0 aromatic carbocycles. The Labute approximate surface area is 109 Å². The molecule has 0 aliphatic rings. The first-order valence-corrected chi connectivity index (χ1v) is 7.52. The number of sulfonamides is 1. The lowest BCUT2D eigenvalue weighted by Crippen LogP contribution is -2.36. The average Bonchev–Trinajstić information content (AvgIpc) is 2.27. The number of hydrogen-bond acceptors (Lipinski definition) is 4. The van der Waals surface area contributed by atoms with E-state index in [4.69, 9.17) is 5.26 Å². The molecule has 0 spiro atoms. The molecular weight excluding hydrogens is 254 g/mol. The molecule has 1 amide bonds. The van der Waals surface area contributed by atoms with E-state index < -0.39 is 15.3 Å². The highest BCUT2D eigenvalue weighted by atomic mass is 32.2. The second-order valence-electron chi connectivity index (χ2n) is 4.41. The van der Waals surface area contributed by atoms with E-state index in [1.807, 2.05) is 13.8 Å². The van der Waals surface area contributed by atoms with Crippen molar-refractivity contribution in [3.05, 3.63) is 0 Å². The van der Waals surface area contributed by atoms with Crippen molar-refractivity contribution in [1.82, 2.24) is 10.0 Å². The molecule has 0 bridgehead atoms. The van der Waals surface area contributed by atoms with Crippen molar-refractivity contribution in [2.75, 3.05) is 13.1 Å². The summed E-state index contributed by atoms with van der Waals surface area (Å²) in [5.74, 6) is 0.158. The highest BCUT2D eigenvalue weighted by Crippen LogP contribution is 2.02. The summed E-state index contributed by atoms with van der Waals surface area (Å²) < 4.78 is 25.4. The first-order valence-electron chi connectivity index (χ1n) is 5.98. The van der Waals surface area contributed by atoms with Gasteiger partial charge in [0.05, 0.1) is 6.07 Å². The van der Waals surface area contributed by atoms with Gasteiger partial charge in [0, 0.05) is 19.5 Å². The summed E-state index contributed by atoms with van der Waals surface area (Å²) in [4.78, 5) is 11.3. The van der Waals surface area contributed by atoms with E-state index >= 15 is 0 Å². The van der Waals surface area contributed by atoms with Gasteiger partial charge in [-0.25, -0.2) is 13.1 Å². The van der Waals surface area contributed by atoms with Crippen molar-refractivity contribution < 1.29 is 13.2 Å². The van der Waals surface area contributed by atoms with E-state index in [0.29, 0.717) is 12.5 Å². The van der Waals surface area contributed by atoms with E-state index in [1.54, 1.807) is 13.0 Å². The lowest BCUT2D eigenvalue weighted by Gasteiger charge is -2.10. The van der Waals surface area contributed by atoms with Crippen LogP contribution in [0.5, 0.6) is 0 Å². The van der Waals surface area contributed by atoms with Crippen LogP contribution >= 0.6 is 0 Å². The monoisotopic (exact) mass is 275 g/mol. The Morgan fingerprint density at radius 1 is 1.39 bits per heavy atom. The third-order valence-corrected chi connectivity index (χ3v) is 4.05. The smallest absolute Gasteiger partial charge is 0.227 e. The molecular formula is C11H21N3O3S. The number of carbonyl (C=O) groups excluding carboxylic acids is 1. The van der Waals surface area contributed by atoms with Crippen LogP contribution < -0.4 is 10.0 Å². The molecule has 1 unspecified atom stereocenters. The van der Waals surface area contributed by atoms with Gasteiger partial charge in [-0.05, 0) is 12.3 Å². The van der Waals surface area contributed by atoms with E-state index in [1.165, 1.54) is 0 Å².